The number of carbonyl (C=O) groups is 3. The Bertz CT molecular complexity index is 1200. The Morgan fingerprint density at radius 1 is 1.00 bits per heavy atom. The van der Waals surface area contributed by atoms with Gasteiger partial charge in [0.25, 0.3) is 0 Å². The minimum absolute atomic E-state index is 0.173. The molecule has 7 nitrogen and oxygen atoms in total. The van der Waals surface area contributed by atoms with Crippen LogP contribution in [0, 0.1) is 11.8 Å². The summed E-state index contributed by atoms with van der Waals surface area (Å²) in [5.74, 6) is -1.19. The number of nitrogens with one attached hydrogen (secondary N) is 1. The maximum Gasteiger partial charge on any atom is 0.394 e. The van der Waals surface area contributed by atoms with E-state index >= 15 is 0 Å². The number of piperidine rings is 2. The van der Waals surface area contributed by atoms with E-state index in [2.05, 4.69) is 55.4 Å². The summed E-state index contributed by atoms with van der Waals surface area (Å²) in [6.07, 6.45) is 10.1. The van der Waals surface area contributed by atoms with Gasteiger partial charge in [0.05, 0.1) is 0 Å². The number of hydrogen-bond acceptors (Lipinski definition) is 4. The molecule has 2 amide bonds. The lowest BCUT2D eigenvalue weighted by atomic mass is 9.73. The molecule has 0 spiro atoms. The topological polar surface area (TPSA) is 90.0 Å². The fraction of sp³-hybridized carbons (Fsp3) is 0.552. The van der Waals surface area contributed by atoms with E-state index in [1.807, 2.05) is 11.0 Å². The van der Waals surface area contributed by atoms with E-state index in [1.54, 1.807) is 0 Å². The first kappa shape index (κ1) is 28.8. The van der Waals surface area contributed by atoms with Crippen LogP contribution in [0.4, 0.5) is 0 Å². The lowest BCUT2D eigenvalue weighted by Crippen LogP contribution is -2.46. The molecule has 2 N–H and O–H groups in total. The zero-order valence-corrected chi connectivity index (χ0v) is 25.7. The van der Waals surface area contributed by atoms with E-state index in [1.165, 1.54) is 21.6 Å². The Morgan fingerprint density at radius 3 is 2.38 bits per heavy atom. The Balaban J connectivity index is 1.26. The van der Waals surface area contributed by atoms with Crippen molar-refractivity contribution in [1.29, 1.82) is 0 Å². The number of amides is 2. The number of carboxylic acid groups (broad SMARTS) is 1. The van der Waals surface area contributed by atoms with Crippen molar-refractivity contribution in [2.45, 2.75) is 56.9 Å². The zero-order chi connectivity index (χ0) is 27.7. The van der Waals surface area contributed by atoms with Gasteiger partial charge in [-0.2, -0.15) is 0 Å². The van der Waals surface area contributed by atoms with Crippen LogP contribution in [-0.2, 0) is 20.8 Å². The van der Waals surface area contributed by atoms with Crippen LogP contribution < -0.4 is 5.32 Å². The number of nitrogens with zero attached hydrogens (tertiary/aromatic N) is 2. The molecule has 4 aliphatic rings. The molecule has 0 bridgehead atoms. The Kier molecular flexibility index (Phi) is 9.21. The van der Waals surface area contributed by atoms with Gasteiger partial charge in [-0.25, -0.2) is 4.79 Å². The van der Waals surface area contributed by atoms with Crippen molar-refractivity contribution in [2.24, 2.45) is 11.8 Å². The van der Waals surface area contributed by atoms with Gasteiger partial charge in [-0.15, -0.1) is 0 Å². The predicted octanol–water partition coefficient (Wildman–Crippen LogP) is 5.26. The Morgan fingerprint density at radius 2 is 1.69 bits per heavy atom. The number of allylic oxidation sites excluding steroid dienone is 2. The third kappa shape index (κ3) is 6.47. The van der Waals surface area contributed by atoms with Crippen molar-refractivity contribution in [3.05, 3.63) is 55.0 Å². The molecule has 1 aliphatic carbocycles. The third-order valence-corrected chi connectivity index (χ3v) is 10.3. The maximum atomic E-state index is 13.2. The highest BCUT2D eigenvalue weighted by Crippen LogP contribution is 2.46. The van der Waals surface area contributed by atoms with Gasteiger partial charge in [0.2, 0.25) is 5.91 Å². The molecule has 0 aromatic heterocycles. The number of aliphatic carboxylic acids is 1. The smallest absolute Gasteiger partial charge is 0.394 e. The van der Waals surface area contributed by atoms with Crippen LogP contribution in [0.2, 0.25) is 5.02 Å². The predicted molar refractivity (Wildman–Crippen MR) is 158 cm³/mol. The number of benzene rings is 1. The number of likely N-dealkylation sites (tertiary alicyclic amines) is 2. The molecule has 210 valence electrons. The molecule has 0 radical (unpaired) electrons. The van der Waals surface area contributed by atoms with Crippen LogP contribution in [-0.4, -0.2) is 71.5 Å². The van der Waals surface area contributed by atoms with E-state index < -0.39 is 11.9 Å². The molecule has 0 saturated carbocycles. The average molecular weight is 684 g/mol. The van der Waals surface area contributed by atoms with Crippen LogP contribution in [0.1, 0.15) is 55.6 Å². The molecule has 10 heteroatoms. The molecular formula is C29H34Br2ClN3O4. The van der Waals surface area contributed by atoms with Crippen LogP contribution >= 0.6 is 43.5 Å². The van der Waals surface area contributed by atoms with Gasteiger partial charge < -0.3 is 20.2 Å². The van der Waals surface area contributed by atoms with Crippen LogP contribution in [0.3, 0.4) is 0 Å². The number of halogens is 3. The second kappa shape index (κ2) is 12.5. The van der Waals surface area contributed by atoms with Gasteiger partial charge in [-0.1, -0.05) is 55.1 Å². The normalized spacial score (nSPS) is 24.6. The van der Waals surface area contributed by atoms with Gasteiger partial charge in [-0.3, -0.25) is 9.59 Å². The van der Waals surface area contributed by atoms with Gasteiger partial charge in [0.1, 0.15) is 0 Å². The summed E-state index contributed by atoms with van der Waals surface area (Å²) < 4.78 is 2.19. The largest absolute Gasteiger partial charge is 0.474 e. The highest BCUT2D eigenvalue weighted by molar-refractivity contribution is 9.12. The number of fused-ring (bicyclic) bond motifs is 2. The average Bonchev–Trinajstić information content (AvgIpc) is 3.18. The summed E-state index contributed by atoms with van der Waals surface area (Å²) in [4.78, 5) is 39.3. The van der Waals surface area contributed by atoms with Crippen molar-refractivity contribution in [3.63, 3.8) is 0 Å². The first-order chi connectivity index (χ1) is 18.7. The molecule has 1 aromatic carbocycles. The van der Waals surface area contributed by atoms with Gasteiger partial charge in [-0.05, 0) is 79.7 Å². The van der Waals surface area contributed by atoms with Gasteiger partial charge in [0.15, 0.2) is 0 Å². The molecule has 1 aromatic rings. The molecule has 1 unspecified atom stereocenters. The number of rotatable bonds is 3. The lowest BCUT2D eigenvalue weighted by Gasteiger charge is -2.41. The van der Waals surface area contributed by atoms with Crippen molar-refractivity contribution >= 4 is 61.2 Å². The molecule has 3 heterocycles. The third-order valence-electron chi connectivity index (χ3n) is 8.86. The van der Waals surface area contributed by atoms with E-state index in [0.29, 0.717) is 38.3 Å². The zero-order valence-electron chi connectivity index (χ0n) is 21.8. The molecule has 39 heavy (non-hydrogen) atoms. The van der Waals surface area contributed by atoms with Gasteiger partial charge >= 0.3 is 11.9 Å². The molecule has 3 aliphatic heterocycles. The van der Waals surface area contributed by atoms with E-state index in [-0.39, 0.29) is 23.8 Å². The van der Waals surface area contributed by atoms with Gasteiger partial charge in [0, 0.05) is 65.1 Å². The summed E-state index contributed by atoms with van der Waals surface area (Å²) in [7, 11) is 0. The summed E-state index contributed by atoms with van der Waals surface area (Å²) in [5, 5.41) is 13.5. The second-order valence-corrected chi connectivity index (χ2v) is 13.3. The molecule has 2 fully saturated rings. The van der Waals surface area contributed by atoms with E-state index in [9.17, 15) is 14.4 Å². The maximum absolute atomic E-state index is 13.2. The molecule has 2 atom stereocenters. The quantitative estimate of drug-likeness (QED) is 0.425. The minimum Gasteiger partial charge on any atom is -0.474 e. The fourth-order valence-corrected chi connectivity index (χ4v) is 8.45. The van der Waals surface area contributed by atoms with Crippen LogP contribution in [0.5, 0.6) is 0 Å². The summed E-state index contributed by atoms with van der Waals surface area (Å²) in [5.41, 5.74) is 4.07. The van der Waals surface area contributed by atoms with Crippen molar-refractivity contribution in [2.75, 3.05) is 32.7 Å². The number of carboxylic acids is 1. The Labute approximate surface area is 251 Å². The number of hydrogen-bond donors (Lipinski definition) is 2. The molecule has 2 saturated heterocycles. The minimum atomic E-state index is -1.41. The summed E-state index contributed by atoms with van der Waals surface area (Å²) in [6, 6.07) is 4.36. The van der Waals surface area contributed by atoms with Crippen molar-refractivity contribution in [3.8, 4) is 0 Å². The monoisotopic (exact) mass is 681 g/mol. The number of aryl methyl sites for hydroxylation is 1. The Hall–Kier alpha value is -1.68. The first-order valence-electron chi connectivity index (χ1n) is 13.8. The fourth-order valence-electron chi connectivity index (χ4n) is 6.86. The van der Waals surface area contributed by atoms with Crippen LogP contribution in [0.15, 0.2) is 38.8 Å². The van der Waals surface area contributed by atoms with Crippen molar-refractivity contribution in [1.82, 2.24) is 15.1 Å². The lowest BCUT2D eigenvalue weighted by molar-refractivity contribution is -0.156. The first-order valence-corrected chi connectivity index (χ1v) is 15.7. The van der Waals surface area contributed by atoms with Crippen molar-refractivity contribution < 1.29 is 19.5 Å². The molecule has 5 rings (SSSR count). The standard InChI is InChI=1S/C29H34Br2ClN3O4/c30-21-3-8-33-27-20(14-21)2-1-19-15-22(32)16-23(31)25(19)26(27)18-6-11-34(12-7-18)24(36)13-17-4-9-35(10-5-17)28(37)29(38)39/h3,14-18,26-27,33H,1-2,4-13H2,(H,38,39)/t26-,27?/m1/s1. The van der Waals surface area contributed by atoms with Crippen LogP contribution in [0.25, 0.3) is 0 Å². The summed E-state index contributed by atoms with van der Waals surface area (Å²) in [6.45, 7) is 3.09. The van der Waals surface area contributed by atoms with E-state index in [4.69, 9.17) is 16.7 Å². The SMILES string of the molecule is O=C(O)C(=O)N1CCC(CC(=O)N2CCC([C@@H]3c4c(Br)cc(Cl)cc4CCC4=CC(Br)=CCNC43)CC2)CC1. The van der Waals surface area contributed by atoms with E-state index in [0.717, 1.165) is 59.3 Å². The second-order valence-electron chi connectivity index (χ2n) is 11.1. The number of carbonyl (C=O) groups excluding carboxylic acids is 2. The summed E-state index contributed by atoms with van der Waals surface area (Å²) >= 11 is 14.0. The molecular weight excluding hydrogens is 650 g/mol. The highest BCUT2D eigenvalue weighted by Gasteiger charge is 2.40. The highest BCUT2D eigenvalue weighted by atomic mass is 79.9.